The lowest BCUT2D eigenvalue weighted by Crippen LogP contribution is -2.10. The number of thiazole rings is 1. The molecule has 1 saturated heterocycles. The highest BCUT2D eigenvalue weighted by Crippen LogP contribution is 2.31. The number of nitrogens with one attached hydrogen (secondary N) is 2. The number of amides is 1. The Morgan fingerprint density at radius 1 is 1.43 bits per heavy atom. The number of carbonyl (C=O) groups excluding carboxylic acids is 1. The number of aromatic amines is 1. The van der Waals surface area contributed by atoms with Gasteiger partial charge in [0.2, 0.25) is 0 Å². The minimum absolute atomic E-state index is 0.0353. The molecule has 0 aromatic carbocycles. The predicted octanol–water partition coefficient (Wildman–Crippen LogP) is 2.83. The average Bonchev–Trinajstić information content (AvgIpc) is 3.27. The van der Waals surface area contributed by atoms with Gasteiger partial charge in [-0.25, -0.2) is 9.97 Å². The molecule has 1 aliphatic rings. The van der Waals surface area contributed by atoms with Crippen molar-refractivity contribution in [2.24, 2.45) is 0 Å². The first kappa shape index (κ1) is 14.3. The topological polar surface area (TPSA) is 92.8 Å². The molecule has 1 aliphatic heterocycles. The Bertz CT molecular complexity index is 866. The molecule has 0 saturated carbocycles. The van der Waals surface area contributed by atoms with Gasteiger partial charge in [0.1, 0.15) is 16.0 Å². The molecular formula is C15H15N5O2S. The number of fused-ring (bicyclic) bond motifs is 1. The summed E-state index contributed by atoms with van der Waals surface area (Å²) in [5.74, 6) is -0.186. The molecule has 0 radical (unpaired) electrons. The highest BCUT2D eigenvalue weighted by molar-refractivity contribution is 7.13. The molecule has 0 aliphatic carbocycles. The number of carbonyl (C=O) groups is 1. The van der Waals surface area contributed by atoms with Crippen LogP contribution in [0.5, 0.6) is 0 Å². The average molecular weight is 329 g/mol. The molecule has 23 heavy (non-hydrogen) atoms. The summed E-state index contributed by atoms with van der Waals surface area (Å²) in [7, 11) is 0. The number of nitrogens with zero attached hydrogens (tertiary/aromatic N) is 3. The van der Waals surface area contributed by atoms with Crippen molar-refractivity contribution in [1.29, 1.82) is 0 Å². The summed E-state index contributed by atoms with van der Waals surface area (Å²) < 4.78 is 5.60. The lowest BCUT2D eigenvalue weighted by Gasteiger charge is -2.04. The minimum atomic E-state index is -0.186. The molecular weight excluding hydrogens is 314 g/mol. The zero-order valence-electron chi connectivity index (χ0n) is 12.5. The summed E-state index contributed by atoms with van der Waals surface area (Å²) >= 11 is 1.38. The van der Waals surface area contributed by atoms with E-state index in [1.165, 1.54) is 11.3 Å². The van der Waals surface area contributed by atoms with Crippen LogP contribution in [0.25, 0.3) is 11.0 Å². The normalized spacial score (nSPS) is 17.7. The molecule has 4 heterocycles. The van der Waals surface area contributed by atoms with Gasteiger partial charge < -0.3 is 10.1 Å². The van der Waals surface area contributed by atoms with Crippen LogP contribution in [0.3, 0.4) is 0 Å². The monoisotopic (exact) mass is 329 g/mol. The molecule has 1 unspecified atom stereocenters. The molecule has 1 amide bonds. The van der Waals surface area contributed by atoms with Gasteiger partial charge in [-0.05, 0) is 25.8 Å². The second-order valence-electron chi connectivity index (χ2n) is 5.46. The largest absolute Gasteiger partial charge is 0.371 e. The summed E-state index contributed by atoms with van der Waals surface area (Å²) in [5.41, 5.74) is 2.19. The molecule has 7 nitrogen and oxygen atoms in total. The summed E-state index contributed by atoms with van der Waals surface area (Å²) in [6.45, 7) is 2.68. The standard InChI is InChI=1S/C15H15N5O2S/c1-8-10-5-9(6-16-13(10)20-19-8)18-14(21)12-7-17-15(23-12)11-3-2-4-22-11/h5-7,11H,2-4H2,1H3,(H,18,21)(H,16,19,20). The smallest absolute Gasteiger partial charge is 0.267 e. The lowest BCUT2D eigenvalue weighted by molar-refractivity contribution is 0.103. The molecule has 0 bridgehead atoms. The molecule has 3 aromatic heterocycles. The van der Waals surface area contributed by atoms with Gasteiger partial charge in [0.25, 0.3) is 5.91 Å². The molecule has 2 N–H and O–H groups in total. The Balaban J connectivity index is 1.53. The van der Waals surface area contributed by atoms with E-state index in [0.717, 1.165) is 35.5 Å². The number of hydrogen-bond donors (Lipinski definition) is 2. The van der Waals surface area contributed by atoms with Gasteiger partial charge >= 0.3 is 0 Å². The molecule has 0 spiro atoms. The first-order chi connectivity index (χ1) is 11.2. The Labute approximate surface area is 136 Å². The summed E-state index contributed by atoms with van der Waals surface area (Å²) in [4.78, 5) is 21.5. The predicted molar refractivity (Wildman–Crippen MR) is 86.6 cm³/mol. The number of aryl methyl sites for hydroxylation is 1. The van der Waals surface area contributed by atoms with Gasteiger partial charge in [-0.3, -0.25) is 9.89 Å². The van der Waals surface area contributed by atoms with E-state index < -0.39 is 0 Å². The van der Waals surface area contributed by atoms with Crippen molar-refractivity contribution in [1.82, 2.24) is 20.2 Å². The van der Waals surface area contributed by atoms with Crippen LogP contribution < -0.4 is 5.32 Å². The van der Waals surface area contributed by atoms with Gasteiger partial charge in [-0.15, -0.1) is 11.3 Å². The van der Waals surface area contributed by atoms with E-state index in [1.807, 2.05) is 13.0 Å². The van der Waals surface area contributed by atoms with Crippen LogP contribution in [-0.2, 0) is 4.74 Å². The lowest BCUT2D eigenvalue weighted by atomic mass is 10.2. The van der Waals surface area contributed by atoms with Crippen molar-refractivity contribution < 1.29 is 9.53 Å². The highest BCUT2D eigenvalue weighted by atomic mass is 32.1. The van der Waals surface area contributed by atoms with Crippen LogP contribution in [0.15, 0.2) is 18.5 Å². The van der Waals surface area contributed by atoms with Gasteiger partial charge in [-0.1, -0.05) is 0 Å². The van der Waals surface area contributed by atoms with Gasteiger partial charge in [0.05, 0.1) is 18.1 Å². The third kappa shape index (κ3) is 2.71. The Morgan fingerprint density at radius 3 is 3.17 bits per heavy atom. The quantitative estimate of drug-likeness (QED) is 0.771. The first-order valence-corrected chi connectivity index (χ1v) is 8.22. The number of rotatable bonds is 3. The van der Waals surface area contributed by atoms with E-state index >= 15 is 0 Å². The third-order valence-electron chi connectivity index (χ3n) is 3.81. The fourth-order valence-corrected chi connectivity index (χ4v) is 3.49. The summed E-state index contributed by atoms with van der Waals surface area (Å²) in [6.07, 6.45) is 5.25. The van der Waals surface area contributed by atoms with Crippen LogP contribution in [0.1, 0.15) is 39.3 Å². The number of ether oxygens (including phenoxy) is 1. The number of H-pyrrole nitrogens is 1. The molecule has 1 atom stereocenters. The van der Waals surface area contributed by atoms with E-state index in [0.29, 0.717) is 16.2 Å². The second kappa shape index (κ2) is 5.71. The maximum atomic E-state index is 12.4. The summed E-state index contributed by atoms with van der Waals surface area (Å²) in [6, 6.07) is 1.86. The fourth-order valence-electron chi connectivity index (χ4n) is 2.59. The Kier molecular flexibility index (Phi) is 3.55. The zero-order chi connectivity index (χ0) is 15.8. The molecule has 118 valence electrons. The SMILES string of the molecule is Cc1[nH]nc2ncc(NC(=O)c3cnc(C4CCCO4)s3)cc12. The van der Waals surface area contributed by atoms with E-state index in [-0.39, 0.29) is 12.0 Å². The Hall–Kier alpha value is -2.32. The third-order valence-corrected chi connectivity index (χ3v) is 4.90. The van der Waals surface area contributed by atoms with Crippen molar-refractivity contribution in [3.8, 4) is 0 Å². The summed E-state index contributed by atoms with van der Waals surface area (Å²) in [5, 5.41) is 11.6. The maximum absolute atomic E-state index is 12.4. The van der Waals surface area contributed by atoms with Crippen LogP contribution in [0, 0.1) is 6.92 Å². The maximum Gasteiger partial charge on any atom is 0.267 e. The van der Waals surface area contributed by atoms with Crippen LogP contribution in [0.4, 0.5) is 5.69 Å². The second-order valence-corrected chi connectivity index (χ2v) is 6.52. The zero-order valence-corrected chi connectivity index (χ0v) is 13.3. The van der Waals surface area contributed by atoms with Crippen molar-refractivity contribution in [2.75, 3.05) is 11.9 Å². The van der Waals surface area contributed by atoms with Gasteiger partial charge in [0.15, 0.2) is 5.65 Å². The van der Waals surface area contributed by atoms with Crippen molar-refractivity contribution in [2.45, 2.75) is 25.9 Å². The van der Waals surface area contributed by atoms with E-state index in [2.05, 4.69) is 25.5 Å². The van der Waals surface area contributed by atoms with Crippen LogP contribution >= 0.6 is 11.3 Å². The van der Waals surface area contributed by atoms with Crippen molar-refractivity contribution in [3.05, 3.63) is 34.0 Å². The Morgan fingerprint density at radius 2 is 2.35 bits per heavy atom. The molecule has 3 aromatic rings. The van der Waals surface area contributed by atoms with Gasteiger partial charge in [0, 0.05) is 17.7 Å². The minimum Gasteiger partial charge on any atom is -0.371 e. The molecule has 1 fully saturated rings. The fraction of sp³-hybridized carbons (Fsp3) is 0.333. The number of anilines is 1. The van der Waals surface area contributed by atoms with E-state index in [4.69, 9.17) is 4.74 Å². The van der Waals surface area contributed by atoms with Crippen molar-refractivity contribution >= 4 is 34.0 Å². The first-order valence-electron chi connectivity index (χ1n) is 7.40. The number of pyridine rings is 1. The highest BCUT2D eigenvalue weighted by Gasteiger charge is 2.22. The van der Waals surface area contributed by atoms with Crippen LogP contribution in [0.2, 0.25) is 0 Å². The van der Waals surface area contributed by atoms with Crippen molar-refractivity contribution in [3.63, 3.8) is 0 Å². The number of hydrogen-bond acceptors (Lipinski definition) is 6. The van der Waals surface area contributed by atoms with E-state index in [1.54, 1.807) is 12.4 Å². The van der Waals surface area contributed by atoms with E-state index in [9.17, 15) is 4.79 Å². The van der Waals surface area contributed by atoms with Crippen LogP contribution in [-0.4, -0.2) is 32.7 Å². The van der Waals surface area contributed by atoms with Gasteiger partial charge in [-0.2, -0.15) is 5.10 Å². The number of aromatic nitrogens is 4. The molecule has 4 rings (SSSR count). The molecule has 8 heteroatoms.